The lowest BCUT2D eigenvalue weighted by Gasteiger charge is -2.38. The fraction of sp³-hybridized carbons (Fsp3) is 0.562. The summed E-state index contributed by atoms with van der Waals surface area (Å²) in [6.45, 7) is 11.0. The molecule has 106 valence electrons. The van der Waals surface area contributed by atoms with Gasteiger partial charge in [-0.05, 0) is 36.5 Å². The first-order chi connectivity index (χ1) is 8.76. The van der Waals surface area contributed by atoms with Crippen LogP contribution in [0.25, 0.3) is 0 Å². The first kappa shape index (κ1) is 16.1. The van der Waals surface area contributed by atoms with Crippen molar-refractivity contribution in [2.75, 3.05) is 0 Å². The molecule has 1 aromatic rings. The summed E-state index contributed by atoms with van der Waals surface area (Å²) in [5.41, 5.74) is 1.26. The zero-order chi connectivity index (χ0) is 14.5. The molecule has 0 aromatic heterocycles. The summed E-state index contributed by atoms with van der Waals surface area (Å²) in [5.74, 6) is 0. The van der Waals surface area contributed by atoms with Gasteiger partial charge in [0.2, 0.25) is 0 Å². The number of carbonyl (C=O) groups is 1. The Bertz CT molecular complexity index is 393. The molecule has 0 aliphatic carbocycles. The topological polar surface area (TPSA) is 26.3 Å². The summed E-state index contributed by atoms with van der Waals surface area (Å²) in [5, 5.41) is 0.140. The second kappa shape index (κ2) is 6.48. The van der Waals surface area contributed by atoms with E-state index in [1.807, 2.05) is 18.2 Å². The molecule has 0 heterocycles. The zero-order valence-corrected chi connectivity index (χ0v) is 13.8. The van der Waals surface area contributed by atoms with Crippen molar-refractivity contribution in [2.45, 2.75) is 57.8 Å². The van der Waals surface area contributed by atoms with Gasteiger partial charge < -0.3 is 9.22 Å². The van der Waals surface area contributed by atoms with Gasteiger partial charge in [0.25, 0.3) is 0 Å². The molecule has 2 nitrogen and oxygen atoms in total. The van der Waals surface area contributed by atoms with Crippen LogP contribution in [0.2, 0.25) is 18.1 Å². The number of aryl methyl sites for hydroxylation is 1. The summed E-state index contributed by atoms with van der Waals surface area (Å²) in [7, 11) is -1.86. The maximum atomic E-state index is 11.2. The molecule has 0 N–H and O–H groups in total. The van der Waals surface area contributed by atoms with Crippen molar-refractivity contribution in [3.05, 3.63) is 35.9 Å². The number of aldehydes is 1. The smallest absolute Gasteiger partial charge is 0.193 e. The number of carbonyl (C=O) groups excluding carboxylic acids is 1. The standard InChI is InChI=1S/C16H26O2Si/c1-16(2,3)19(4,5)18-15(13-17)12-11-14-9-7-6-8-10-14/h6-10,13,15H,11-12H2,1-5H3. The van der Waals surface area contributed by atoms with Crippen LogP contribution in [-0.4, -0.2) is 20.7 Å². The van der Waals surface area contributed by atoms with Crippen LogP contribution in [0.3, 0.4) is 0 Å². The molecule has 0 aliphatic rings. The highest BCUT2D eigenvalue weighted by molar-refractivity contribution is 6.74. The van der Waals surface area contributed by atoms with Crippen LogP contribution in [0, 0.1) is 0 Å². The summed E-state index contributed by atoms with van der Waals surface area (Å²) < 4.78 is 6.14. The lowest BCUT2D eigenvalue weighted by atomic mass is 10.1. The Morgan fingerprint density at radius 3 is 2.26 bits per heavy atom. The van der Waals surface area contributed by atoms with E-state index < -0.39 is 8.32 Å². The monoisotopic (exact) mass is 278 g/mol. The van der Waals surface area contributed by atoms with Crippen molar-refractivity contribution in [3.8, 4) is 0 Å². The fourth-order valence-corrected chi connectivity index (χ4v) is 2.95. The molecule has 0 spiro atoms. The van der Waals surface area contributed by atoms with Crippen LogP contribution in [0.1, 0.15) is 32.8 Å². The lowest BCUT2D eigenvalue weighted by molar-refractivity contribution is -0.114. The van der Waals surface area contributed by atoms with Gasteiger partial charge in [0.05, 0.1) is 0 Å². The van der Waals surface area contributed by atoms with E-state index >= 15 is 0 Å². The second-order valence-electron chi connectivity index (χ2n) is 6.58. The minimum atomic E-state index is -1.86. The molecule has 1 unspecified atom stereocenters. The molecule has 3 heteroatoms. The van der Waals surface area contributed by atoms with Gasteiger partial charge in [-0.3, -0.25) is 0 Å². The van der Waals surface area contributed by atoms with E-state index in [0.29, 0.717) is 0 Å². The van der Waals surface area contributed by atoms with E-state index in [1.165, 1.54) is 5.56 Å². The Kier molecular flexibility index (Phi) is 5.50. The van der Waals surface area contributed by atoms with Crippen molar-refractivity contribution < 1.29 is 9.22 Å². The first-order valence-corrected chi connectivity index (χ1v) is 9.84. The third-order valence-electron chi connectivity index (χ3n) is 3.96. The molecule has 1 aromatic carbocycles. The molecule has 0 radical (unpaired) electrons. The first-order valence-electron chi connectivity index (χ1n) is 6.93. The fourth-order valence-electron chi connectivity index (χ4n) is 1.66. The second-order valence-corrected chi connectivity index (χ2v) is 11.3. The Hall–Kier alpha value is -0.933. The van der Waals surface area contributed by atoms with E-state index in [0.717, 1.165) is 19.1 Å². The van der Waals surface area contributed by atoms with E-state index in [9.17, 15) is 4.79 Å². The molecule has 0 fully saturated rings. The van der Waals surface area contributed by atoms with Gasteiger partial charge in [-0.15, -0.1) is 0 Å². The van der Waals surface area contributed by atoms with E-state index in [-0.39, 0.29) is 11.1 Å². The average molecular weight is 278 g/mol. The SMILES string of the molecule is CC(C)(C)[Si](C)(C)OC(C=O)CCc1ccccc1. The van der Waals surface area contributed by atoms with Crippen molar-refractivity contribution in [1.29, 1.82) is 0 Å². The third kappa shape index (κ3) is 4.92. The van der Waals surface area contributed by atoms with Gasteiger partial charge in [-0.2, -0.15) is 0 Å². The number of hydrogen-bond acceptors (Lipinski definition) is 2. The highest BCUT2D eigenvalue weighted by Crippen LogP contribution is 2.37. The molecule has 0 amide bonds. The number of benzene rings is 1. The maximum absolute atomic E-state index is 11.2. The Morgan fingerprint density at radius 1 is 1.21 bits per heavy atom. The van der Waals surface area contributed by atoms with Crippen LogP contribution in [0.4, 0.5) is 0 Å². The molecule has 19 heavy (non-hydrogen) atoms. The normalized spacial score (nSPS) is 14.2. The van der Waals surface area contributed by atoms with Crippen LogP contribution in [-0.2, 0) is 15.6 Å². The van der Waals surface area contributed by atoms with Crippen LogP contribution >= 0.6 is 0 Å². The van der Waals surface area contributed by atoms with Crippen molar-refractivity contribution in [1.82, 2.24) is 0 Å². The average Bonchev–Trinajstić information content (AvgIpc) is 2.34. The molecule has 0 aliphatic heterocycles. The van der Waals surface area contributed by atoms with Crippen molar-refractivity contribution >= 4 is 14.6 Å². The van der Waals surface area contributed by atoms with E-state index in [4.69, 9.17) is 4.43 Å². The predicted molar refractivity (Wildman–Crippen MR) is 82.9 cm³/mol. The van der Waals surface area contributed by atoms with Crippen LogP contribution < -0.4 is 0 Å². The molecule has 1 atom stereocenters. The zero-order valence-electron chi connectivity index (χ0n) is 12.8. The quantitative estimate of drug-likeness (QED) is 0.575. The predicted octanol–water partition coefficient (Wildman–Crippen LogP) is 4.21. The van der Waals surface area contributed by atoms with Crippen LogP contribution in [0.5, 0.6) is 0 Å². The largest absolute Gasteiger partial charge is 0.407 e. The minimum absolute atomic E-state index is 0.140. The molecule has 0 saturated carbocycles. The molecule has 1 rings (SSSR count). The van der Waals surface area contributed by atoms with Gasteiger partial charge in [-0.1, -0.05) is 51.1 Å². The van der Waals surface area contributed by atoms with Gasteiger partial charge in [0, 0.05) is 0 Å². The van der Waals surface area contributed by atoms with Crippen LogP contribution in [0.15, 0.2) is 30.3 Å². The summed E-state index contributed by atoms with van der Waals surface area (Å²) >= 11 is 0. The Morgan fingerprint density at radius 2 is 1.79 bits per heavy atom. The maximum Gasteiger partial charge on any atom is 0.193 e. The van der Waals surface area contributed by atoms with Gasteiger partial charge in [-0.25, -0.2) is 0 Å². The van der Waals surface area contributed by atoms with E-state index in [1.54, 1.807) is 0 Å². The molecular formula is C16H26O2Si. The Labute approximate surface area is 118 Å². The lowest BCUT2D eigenvalue weighted by Crippen LogP contribution is -2.44. The number of hydrogen-bond donors (Lipinski definition) is 0. The summed E-state index contributed by atoms with van der Waals surface area (Å²) in [4.78, 5) is 11.2. The van der Waals surface area contributed by atoms with Gasteiger partial charge in [0.1, 0.15) is 12.4 Å². The van der Waals surface area contributed by atoms with Crippen molar-refractivity contribution in [2.24, 2.45) is 0 Å². The van der Waals surface area contributed by atoms with E-state index in [2.05, 4.69) is 46.0 Å². The summed E-state index contributed by atoms with van der Waals surface area (Å²) in [6.07, 6.45) is 2.34. The highest BCUT2D eigenvalue weighted by atomic mass is 28.4. The minimum Gasteiger partial charge on any atom is -0.407 e. The number of rotatable bonds is 6. The molecule has 0 bridgehead atoms. The van der Waals surface area contributed by atoms with Gasteiger partial charge in [0.15, 0.2) is 8.32 Å². The van der Waals surface area contributed by atoms with Gasteiger partial charge >= 0.3 is 0 Å². The molecule has 0 saturated heterocycles. The third-order valence-corrected chi connectivity index (χ3v) is 8.47. The van der Waals surface area contributed by atoms with Crippen molar-refractivity contribution in [3.63, 3.8) is 0 Å². The summed E-state index contributed by atoms with van der Waals surface area (Å²) in [6, 6.07) is 10.2. The Balaban J connectivity index is 2.58. The molecular weight excluding hydrogens is 252 g/mol. The highest BCUT2D eigenvalue weighted by Gasteiger charge is 2.38.